The highest BCUT2D eigenvalue weighted by atomic mass is 35.5. The standard InChI is InChI=1S/C23H16Cl2F5NO5S/c24-13-7-17(28)15(26)5-11(13)23(12-6-16(27)18(29)8-14(12)25)35-20-9-19(30)22(10-21(20)36-23)37(32,33)31-1-3-34-4-2-31/h5-9,22H,1-4,10H2. The van der Waals surface area contributed by atoms with E-state index >= 15 is 4.39 Å². The molecular weight excluding hydrogens is 568 g/mol. The summed E-state index contributed by atoms with van der Waals surface area (Å²) in [5.74, 6) is -9.43. The molecule has 0 bridgehead atoms. The van der Waals surface area contributed by atoms with Crippen LogP contribution in [0.4, 0.5) is 22.0 Å². The smallest absolute Gasteiger partial charge is 0.308 e. The highest BCUT2D eigenvalue weighted by Crippen LogP contribution is 2.52. The summed E-state index contributed by atoms with van der Waals surface area (Å²) in [6.45, 7) is 0.316. The second-order valence-corrected chi connectivity index (χ2v) is 11.3. The third-order valence-electron chi connectivity index (χ3n) is 6.16. The van der Waals surface area contributed by atoms with Gasteiger partial charge in [0.2, 0.25) is 10.0 Å². The van der Waals surface area contributed by atoms with Crippen molar-refractivity contribution >= 4 is 33.2 Å². The molecule has 0 amide bonds. The monoisotopic (exact) mass is 583 g/mol. The van der Waals surface area contributed by atoms with Crippen LogP contribution in [0.2, 0.25) is 10.0 Å². The van der Waals surface area contributed by atoms with E-state index in [2.05, 4.69) is 0 Å². The lowest BCUT2D eigenvalue weighted by atomic mass is 9.96. The summed E-state index contributed by atoms with van der Waals surface area (Å²) in [5.41, 5.74) is -0.812. The molecule has 0 N–H and O–H groups in total. The highest BCUT2D eigenvalue weighted by Gasteiger charge is 2.53. The summed E-state index contributed by atoms with van der Waals surface area (Å²) in [7, 11) is -4.21. The van der Waals surface area contributed by atoms with Crippen LogP contribution in [-0.4, -0.2) is 44.3 Å². The first kappa shape index (κ1) is 26.2. The van der Waals surface area contributed by atoms with Gasteiger partial charge in [-0.3, -0.25) is 0 Å². The molecule has 1 unspecified atom stereocenters. The molecule has 0 aromatic heterocycles. The van der Waals surface area contributed by atoms with E-state index in [1.807, 2.05) is 0 Å². The Bertz CT molecular complexity index is 1400. The Labute approximate surface area is 217 Å². The van der Waals surface area contributed by atoms with Gasteiger partial charge in [0.15, 0.2) is 29.0 Å². The number of allylic oxidation sites excluding steroid dienone is 2. The summed E-state index contributed by atoms with van der Waals surface area (Å²) in [4.78, 5) is 0. The zero-order chi connectivity index (χ0) is 26.7. The summed E-state index contributed by atoms with van der Waals surface area (Å²) >= 11 is 12.3. The van der Waals surface area contributed by atoms with Gasteiger partial charge < -0.3 is 14.2 Å². The predicted molar refractivity (Wildman–Crippen MR) is 122 cm³/mol. The summed E-state index contributed by atoms with van der Waals surface area (Å²) in [5, 5.41) is -2.58. The van der Waals surface area contributed by atoms with E-state index in [0.717, 1.165) is 10.4 Å². The number of nitrogens with zero attached hydrogens (tertiary/aromatic N) is 1. The number of rotatable bonds is 4. The molecule has 1 saturated heterocycles. The Morgan fingerprint density at radius 1 is 0.838 bits per heavy atom. The molecule has 3 aliphatic rings. The van der Waals surface area contributed by atoms with Crippen molar-refractivity contribution < 1.29 is 44.6 Å². The average molecular weight is 584 g/mol. The molecule has 2 aromatic rings. The summed E-state index contributed by atoms with van der Waals surface area (Å²) < 4.78 is 116. The number of benzene rings is 2. The minimum atomic E-state index is -4.21. The normalized spacial score (nSPS) is 21.8. The molecule has 5 rings (SSSR count). The Morgan fingerprint density at radius 3 is 1.89 bits per heavy atom. The van der Waals surface area contributed by atoms with Crippen molar-refractivity contribution in [3.05, 3.63) is 92.1 Å². The van der Waals surface area contributed by atoms with E-state index in [-0.39, 0.29) is 37.8 Å². The molecule has 1 aliphatic carbocycles. The van der Waals surface area contributed by atoms with Crippen LogP contribution in [0.25, 0.3) is 0 Å². The maximum absolute atomic E-state index is 15.2. The zero-order valence-corrected chi connectivity index (χ0v) is 20.9. The van der Waals surface area contributed by atoms with Gasteiger partial charge in [0.25, 0.3) is 0 Å². The molecule has 1 fully saturated rings. The first-order chi connectivity index (χ1) is 17.4. The minimum absolute atomic E-state index is 0.0221. The van der Waals surface area contributed by atoms with Gasteiger partial charge in [0.05, 0.1) is 34.4 Å². The van der Waals surface area contributed by atoms with Crippen LogP contribution >= 0.6 is 23.2 Å². The number of morpholine rings is 1. The van der Waals surface area contributed by atoms with Crippen LogP contribution in [0.1, 0.15) is 17.5 Å². The van der Waals surface area contributed by atoms with Gasteiger partial charge in [-0.2, -0.15) is 4.31 Å². The molecule has 6 nitrogen and oxygen atoms in total. The van der Waals surface area contributed by atoms with Gasteiger partial charge in [-0.15, -0.1) is 0 Å². The van der Waals surface area contributed by atoms with Crippen LogP contribution in [0, 0.1) is 23.3 Å². The molecule has 0 saturated carbocycles. The maximum atomic E-state index is 15.2. The Morgan fingerprint density at radius 2 is 1.35 bits per heavy atom. The van der Waals surface area contributed by atoms with E-state index in [1.165, 1.54) is 0 Å². The fourth-order valence-electron chi connectivity index (χ4n) is 4.34. The van der Waals surface area contributed by atoms with Crippen LogP contribution in [0.5, 0.6) is 0 Å². The van der Waals surface area contributed by atoms with Crippen LogP contribution in [0.3, 0.4) is 0 Å². The topological polar surface area (TPSA) is 65.1 Å². The van der Waals surface area contributed by atoms with E-state index in [0.29, 0.717) is 24.3 Å². The van der Waals surface area contributed by atoms with Crippen LogP contribution in [-0.2, 0) is 30.0 Å². The minimum Gasteiger partial charge on any atom is -0.445 e. The lowest BCUT2D eigenvalue weighted by molar-refractivity contribution is -0.125. The molecule has 2 heterocycles. The lowest BCUT2D eigenvalue weighted by Gasteiger charge is -2.32. The zero-order valence-electron chi connectivity index (χ0n) is 18.5. The van der Waals surface area contributed by atoms with Gasteiger partial charge in [-0.05, 0) is 24.3 Å². The quantitative estimate of drug-likeness (QED) is 0.361. The number of hydrogen-bond acceptors (Lipinski definition) is 5. The van der Waals surface area contributed by atoms with Crippen molar-refractivity contribution in [1.29, 1.82) is 0 Å². The van der Waals surface area contributed by atoms with E-state index in [4.69, 9.17) is 37.4 Å². The van der Waals surface area contributed by atoms with Crippen molar-refractivity contribution in [1.82, 2.24) is 4.31 Å². The second kappa shape index (κ2) is 9.42. The summed E-state index contributed by atoms with van der Waals surface area (Å²) in [6.07, 6.45) is 0.215. The Balaban J connectivity index is 1.60. The van der Waals surface area contributed by atoms with Crippen molar-refractivity contribution in [2.45, 2.75) is 17.5 Å². The second-order valence-electron chi connectivity index (χ2n) is 8.38. The fraction of sp³-hybridized carbons (Fsp3) is 0.304. The third-order valence-corrected chi connectivity index (χ3v) is 8.98. The molecule has 2 aromatic carbocycles. The molecule has 198 valence electrons. The largest absolute Gasteiger partial charge is 0.445 e. The van der Waals surface area contributed by atoms with Crippen LogP contribution in [0.15, 0.2) is 47.7 Å². The molecule has 37 heavy (non-hydrogen) atoms. The average Bonchev–Trinajstić information content (AvgIpc) is 3.22. The van der Waals surface area contributed by atoms with Gasteiger partial charge in [0.1, 0.15) is 16.8 Å². The molecule has 14 heteroatoms. The summed E-state index contributed by atoms with van der Waals surface area (Å²) in [6, 6.07) is 2.42. The number of sulfonamides is 1. The number of ether oxygens (including phenoxy) is 3. The predicted octanol–water partition coefficient (Wildman–Crippen LogP) is 5.30. The SMILES string of the molecule is O=S(=O)(C1CC2=C(C=C1F)OC(c1cc(F)c(F)cc1Cl)(c1cc(F)c(F)cc1Cl)O2)N1CCOCC1. The molecule has 2 aliphatic heterocycles. The van der Waals surface area contributed by atoms with E-state index in [9.17, 15) is 26.0 Å². The molecule has 1 atom stereocenters. The van der Waals surface area contributed by atoms with Gasteiger partial charge in [0, 0.05) is 25.6 Å². The van der Waals surface area contributed by atoms with Gasteiger partial charge in [-0.25, -0.2) is 30.4 Å². The van der Waals surface area contributed by atoms with Gasteiger partial charge in [-0.1, -0.05) is 23.2 Å². The highest BCUT2D eigenvalue weighted by molar-refractivity contribution is 7.90. The Hall–Kier alpha value is -2.38. The number of halogens is 7. The fourth-order valence-corrected chi connectivity index (χ4v) is 6.62. The lowest BCUT2D eigenvalue weighted by Crippen LogP contribution is -2.46. The van der Waals surface area contributed by atoms with Crippen molar-refractivity contribution in [2.75, 3.05) is 26.3 Å². The molecule has 0 spiro atoms. The first-order valence-electron chi connectivity index (χ1n) is 10.8. The van der Waals surface area contributed by atoms with Crippen molar-refractivity contribution in [3.8, 4) is 0 Å². The molecule has 0 radical (unpaired) electrons. The van der Waals surface area contributed by atoms with Crippen molar-refractivity contribution in [3.63, 3.8) is 0 Å². The van der Waals surface area contributed by atoms with Crippen molar-refractivity contribution in [2.24, 2.45) is 0 Å². The molecular formula is C23H16Cl2F5NO5S. The maximum Gasteiger partial charge on any atom is 0.308 e. The third kappa shape index (κ3) is 4.38. The van der Waals surface area contributed by atoms with Gasteiger partial charge >= 0.3 is 5.79 Å². The number of hydrogen-bond donors (Lipinski definition) is 0. The van der Waals surface area contributed by atoms with E-state index < -0.39 is 77.7 Å². The Kier molecular flexibility index (Phi) is 6.68. The first-order valence-corrected chi connectivity index (χ1v) is 13.0. The van der Waals surface area contributed by atoms with E-state index in [1.54, 1.807) is 0 Å². The van der Waals surface area contributed by atoms with Crippen LogP contribution < -0.4 is 0 Å².